The van der Waals surface area contributed by atoms with E-state index in [-0.39, 0.29) is 5.75 Å². The molecule has 3 aromatic rings. The minimum absolute atomic E-state index is 0.0878. The van der Waals surface area contributed by atoms with E-state index < -0.39 is 0 Å². The largest absolute Gasteiger partial charge is 0.506 e. The van der Waals surface area contributed by atoms with Crippen LogP contribution in [-0.4, -0.2) is 9.67 Å². The second-order valence-electron chi connectivity index (χ2n) is 4.25. The van der Waals surface area contributed by atoms with Crippen molar-refractivity contribution in [3.8, 4) is 11.4 Å². The number of hydrogen-bond donors (Lipinski definition) is 3. The summed E-state index contributed by atoms with van der Waals surface area (Å²) >= 11 is 0. The van der Waals surface area contributed by atoms with Gasteiger partial charge in [0.1, 0.15) is 5.75 Å². The van der Waals surface area contributed by atoms with Gasteiger partial charge in [-0.05, 0) is 36.4 Å². The molecule has 0 saturated heterocycles. The van der Waals surface area contributed by atoms with Gasteiger partial charge in [-0.1, -0.05) is 0 Å². The van der Waals surface area contributed by atoms with Gasteiger partial charge in [0.2, 0.25) is 0 Å². The number of fused-ring (bicyclic) bond motifs is 1. The Morgan fingerprint density at radius 1 is 0.944 bits per heavy atom. The second-order valence-corrected chi connectivity index (χ2v) is 4.25. The van der Waals surface area contributed by atoms with Crippen LogP contribution in [0.1, 0.15) is 0 Å². The van der Waals surface area contributed by atoms with Crippen molar-refractivity contribution in [1.29, 1.82) is 0 Å². The maximum atomic E-state index is 9.66. The molecule has 3 rings (SSSR count). The molecule has 2 aromatic carbocycles. The van der Waals surface area contributed by atoms with Crippen LogP contribution in [0.15, 0.2) is 48.7 Å². The first-order valence-electron chi connectivity index (χ1n) is 5.60. The van der Waals surface area contributed by atoms with Gasteiger partial charge in [-0.3, -0.25) is 0 Å². The Bertz CT molecular complexity index is 731. The summed E-state index contributed by atoms with van der Waals surface area (Å²) < 4.78 is 1.98. The zero-order chi connectivity index (χ0) is 12.7. The SMILES string of the molecule is Nc1ccc2c(ccn2-c2ccc(N)c(O)c2)c1. The molecule has 0 bridgehead atoms. The zero-order valence-electron chi connectivity index (χ0n) is 9.67. The molecule has 0 fully saturated rings. The summed E-state index contributed by atoms with van der Waals surface area (Å²) in [5, 5.41) is 10.7. The number of nitrogen functional groups attached to an aromatic ring is 2. The Hall–Kier alpha value is -2.62. The lowest BCUT2D eigenvalue weighted by atomic mass is 10.2. The molecule has 0 spiro atoms. The summed E-state index contributed by atoms with van der Waals surface area (Å²) in [5.74, 6) is 0.0878. The molecule has 4 heteroatoms. The third-order valence-corrected chi connectivity index (χ3v) is 3.01. The summed E-state index contributed by atoms with van der Waals surface area (Å²) in [4.78, 5) is 0. The maximum Gasteiger partial charge on any atom is 0.140 e. The van der Waals surface area contributed by atoms with Crippen molar-refractivity contribution in [3.05, 3.63) is 48.7 Å². The number of benzene rings is 2. The first-order chi connectivity index (χ1) is 8.65. The first kappa shape index (κ1) is 10.5. The van der Waals surface area contributed by atoms with Crippen molar-refractivity contribution in [2.45, 2.75) is 0 Å². The van der Waals surface area contributed by atoms with Crippen LogP contribution in [0.2, 0.25) is 0 Å². The van der Waals surface area contributed by atoms with Crippen LogP contribution in [-0.2, 0) is 0 Å². The number of nitrogens with two attached hydrogens (primary N) is 2. The predicted molar refractivity (Wildman–Crippen MR) is 73.8 cm³/mol. The fourth-order valence-corrected chi connectivity index (χ4v) is 2.07. The summed E-state index contributed by atoms with van der Waals surface area (Å²) in [6, 6.07) is 12.9. The monoisotopic (exact) mass is 239 g/mol. The molecule has 0 amide bonds. The van der Waals surface area contributed by atoms with Crippen molar-refractivity contribution in [2.75, 3.05) is 11.5 Å². The van der Waals surface area contributed by atoms with Gasteiger partial charge in [0.25, 0.3) is 0 Å². The zero-order valence-corrected chi connectivity index (χ0v) is 9.67. The van der Waals surface area contributed by atoms with Crippen LogP contribution in [0, 0.1) is 0 Å². The Morgan fingerprint density at radius 2 is 1.78 bits per heavy atom. The second kappa shape index (κ2) is 3.70. The van der Waals surface area contributed by atoms with Crippen molar-refractivity contribution in [3.63, 3.8) is 0 Å². The minimum Gasteiger partial charge on any atom is -0.506 e. The highest BCUT2D eigenvalue weighted by molar-refractivity contribution is 5.85. The molecule has 5 N–H and O–H groups in total. The molecule has 0 aliphatic heterocycles. The number of nitrogens with zero attached hydrogens (tertiary/aromatic N) is 1. The van der Waals surface area contributed by atoms with Crippen LogP contribution >= 0.6 is 0 Å². The van der Waals surface area contributed by atoms with Crippen molar-refractivity contribution < 1.29 is 5.11 Å². The lowest BCUT2D eigenvalue weighted by molar-refractivity contribution is 0.478. The Balaban J connectivity index is 2.22. The van der Waals surface area contributed by atoms with Crippen molar-refractivity contribution in [1.82, 2.24) is 4.57 Å². The average Bonchev–Trinajstić information content (AvgIpc) is 2.75. The van der Waals surface area contributed by atoms with Crippen molar-refractivity contribution in [2.24, 2.45) is 0 Å². The van der Waals surface area contributed by atoms with Crippen LogP contribution in [0.3, 0.4) is 0 Å². The third kappa shape index (κ3) is 1.55. The predicted octanol–water partition coefficient (Wildman–Crippen LogP) is 2.50. The summed E-state index contributed by atoms with van der Waals surface area (Å²) in [6.45, 7) is 0. The van der Waals surface area contributed by atoms with E-state index in [2.05, 4.69) is 0 Å². The van der Waals surface area contributed by atoms with Gasteiger partial charge in [-0.15, -0.1) is 0 Å². The highest BCUT2D eigenvalue weighted by Gasteiger charge is 2.05. The summed E-state index contributed by atoms with van der Waals surface area (Å²) in [6.07, 6.45) is 1.94. The molecule has 4 nitrogen and oxygen atoms in total. The van der Waals surface area contributed by atoms with Gasteiger partial charge >= 0.3 is 0 Å². The molecule has 90 valence electrons. The van der Waals surface area contributed by atoms with E-state index in [0.717, 1.165) is 22.3 Å². The minimum atomic E-state index is 0.0878. The number of phenols is 1. The Kier molecular flexibility index (Phi) is 2.16. The molecule has 1 aromatic heterocycles. The highest BCUT2D eigenvalue weighted by atomic mass is 16.3. The molecular weight excluding hydrogens is 226 g/mol. The van der Waals surface area contributed by atoms with E-state index in [1.54, 1.807) is 12.1 Å². The lowest BCUT2D eigenvalue weighted by Crippen LogP contribution is -1.93. The molecule has 0 saturated carbocycles. The number of aromatic nitrogens is 1. The molecule has 0 aliphatic rings. The molecule has 0 atom stereocenters. The average molecular weight is 239 g/mol. The Labute approximate surface area is 104 Å². The molecule has 0 radical (unpaired) electrons. The number of rotatable bonds is 1. The normalized spacial score (nSPS) is 10.9. The first-order valence-corrected chi connectivity index (χ1v) is 5.60. The van der Waals surface area contributed by atoms with Gasteiger partial charge in [0.15, 0.2) is 0 Å². The van der Waals surface area contributed by atoms with Gasteiger partial charge in [-0.2, -0.15) is 0 Å². The topological polar surface area (TPSA) is 77.2 Å². The van der Waals surface area contributed by atoms with Crippen LogP contribution in [0.5, 0.6) is 5.75 Å². The number of anilines is 2. The number of phenolic OH excluding ortho intramolecular Hbond substituents is 1. The van der Waals surface area contributed by atoms with Gasteiger partial charge in [0.05, 0.1) is 11.2 Å². The number of aromatic hydroxyl groups is 1. The van der Waals surface area contributed by atoms with E-state index >= 15 is 0 Å². The highest BCUT2D eigenvalue weighted by Crippen LogP contribution is 2.27. The molecule has 0 aliphatic carbocycles. The van der Waals surface area contributed by atoms with Gasteiger partial charge in [0, 0.05) is 29.0 Å². The van der Waals surface area contributed by atoms with Crippen LogP contribution in [0.4, 0.5) is 11.4 Å². The van der Waals surface area contributed by atoms with Gasteiger partial charge < -0.3 is 21.1 Å². The standard InChI is InChI=1S/C14H13N3O/c15-10-1-4-13-9(7-10)5-6-17(13)11-2-3-12(16)14(18)8-11/h1-8,18H,15-16H2. The quantitative estimate of drug-likeness (QED) is 0.451. The van der Waals surface area contributed by atoms with Crippen LogP contribution in [0.25, 0.3) is 16.6 Å². The molecular formula is C14H13N3O. The molecule has 0 unspecified atom stereocenters. The van der Waals surface area contributed by atoms with Crippen molar-refractivity contribution >= 4 is 22.3 Å². The fraction of sp³-hybridized carbons (Fsp3) is 0. The smallest absolute Gasteiger partial charge is 0.140 e. The lowest BCUT2D eigenvalue weighted by Gasteiger charge is -2.07. The van der Waals surface area contributed by atoms with E-state index in [1.807, 2.05) is 41.1 Å². The van der Waals surface area contributed by atoms with E-state index in [1.165, 1.54) is 0 Å². The van der Waals surface area contributed by atoms with E-state index in [4.69, 9.17) is 11.5 Å². The van der Waals surface area contributed by atoms with E-state index in [0.29, 0.717) is 5.69 Å². The molecule has 1 heterocycles. The third-order valence-electron chi connectivity index (χ3n) is 3.01. The van der Waals surface area contributed by atoms with Gasteiger partial charge in [-0.25, -0.2) is 0 Å². The van der Waals surface area contributed by atoms with E-state index in [9.17, 15) is 5.11 Å². The molecule has 18 heavy (non-hydrogen) atoms. The fourth-order valence-electron chi connectivity index (χ4n) is 2.07. The number of hydrogen-bond acceptors (Lipinski definition) is 3. The maximum absolute atomic E-state index is 9.66. The van der Waals surface area contributed by atoms with Crippen LogP contribution < -0.4 is 11.5 Å². The summed E-state index contributed by atoms with van der Waals surface area (Å²) in [5.41, 5.74) is 14.4. The Morgan fingerprint density at radius 3 is 2.56 bits per heavy atom. The summed E-state index contributed by atoms with van der Waals surface area (Å²) in [7, 11) is 0.